The van der Waals surface area contributed by atoms with Crippen LogP contribution in [-0.2, 0) is 6.54 Å². The molecule has 7 nitrogen and oxygen atoms in total. The number of nitro groups is 1. The summed E-state index contributed by atoms with van der Waals surface area (Å²) in [4.78, 5) is 26.7. The molecule has 3 aromatic rings. The maximum absolute atomic E-state index is 12.3. The second kappa shape index (κ2) is 6.37. The number of furan rings is 1. The zero-order valence-electron chi connectivity index (χ0n) is 13.5. The summed E-state index contributed by atoms with van der Waals surface area (Å²) in [6, 6.07) is 6.38. The Labute approximate surface area is 146 Å². The van der Waals surface area contributed by atoms with E-state index in [-0.39, 0.29) is 12.3 Å². The summed E-state index contributed by atoms with van der Waals surface area (Å²) in [5, 5.41) is 10.7. The molecule has 0 fully saturated rings. The van der Waals surface area contributed by atoms with Crippen molar-refractivity contribution in [3.05, 3.63) is 56.1 Å². The van der Waals surface area contributed by atoms with Crippen LogP contribution in [0, 0.1) is 36.3 Å². The van der Waals surface area contributed by atoms with Crippen molar-refractivity contribution in [1.29, 1.82) is 0 Å². The van der Waals surface area contributed by atoms with Gasteiger partial charge in [-0.2, -0.15) is 4.99 Å². The van der Waals surface area contributed by atoms with E-state index in [9.17, 15) is 14.9 Å². The lowest BCUT2D eigenvalue weighted by molar-refractivity contribution is -0.402. The van der Waals surface area contributed by atoms with Gasteiger partial charge in [0.25, 0.3) is 0 Å². The molecule has 2 heterocycles. The van der Waals surface area contributed by atoms with Gasteiger partial charge in [-0.1, -0.05) is 23.3 Å². The first-order valence-electron chi connectivity index (χ1n) is 7.28. The first-order chi connectivity index (χ1) is 11.9. The highest BCUT2D eigenvalue weighted by molar-refractivity contribution is 7.16. The van der Waals surface area contributed by atoms with Crippen molar-refractivity contribution in [3.8, 4) is 12.3 Å². The van der Waals surface area contributed by atoms with Crippen molar-refractivity contribution in [2.45, 2.75) is 20.4 Å². The molecule has 3 rings (SSSR count). The normalized spacial score (nSPS) is 11.6. The minimum atomic E-state index is -0.707. The molecule has 0 unspecified atom stereocenters. The summed E-state index contributed by atoms with van der Waals surface area (Å²) in [6.07, 6.45) is 5.45. The summed E-state index contributed by atoms with van der Waals surface area (Å²) in [7, 11) is 0. The molecule has 0 saturated carbocycles. The average molecular weight is 355 g/mol. The predicted octanol–water partition coefficient (Wildman–Crippen LogP) is 3.20. The van der Waals surface area contributed by atoms with Crippen LogP contribution in [0.15, 0.2) is 33.7 Å². The topological polar surface area (TPSA) is 90.6 Å². The predicted molar refractivity (Wildman–Crippen MR) is 93.4 cm³/mol. The number of rotatable bonds is 3. The standard InChI is InChI=1S/C17H13N3O4S/c1-4-7-19-12-9-10(2)8-11(3)15(12)25-17(19)18-16(21)13-5-6-14(24-13)20(22)23/h1,5-6,8-9H,7H2,2-3H3. The van der Waals surface area contributed by atoms with Crippen LogP contribution in [0.5, 0.6) is 0 Å². The molecule has 8 heteroatoms. The molecular formula is C17H13N3O4S. The fourth-order valence-corrected chi connectivity index (χ4v) is 3.60. The summed E-state index contributed by atoms with van der Waals surface area (Å²) >= 11 is 1.34. The minimum absolute atomic E-state index is 0.190. The Morgan fingerprint density at radius 3 is 2.84 bits per heavy atom. The van der Waals surface area contributed by atoms with Gasteiger partial charge in [-0.3, -0.25) is 14.9 Å². The van der Waals surface area contributed by atoms with E-state index in [0.717, 1.165) is 27.4 Å². The Bertz CT molecular complexity index is 1110. The lowest BCUT2D eigenvalue weighted by atomic mass is 10.1. The molecule has 2 aromatic heterocycles. The van der Waals surface area contributed by atoms with E-state index in [2.05, 4.69) is 10.9 Å². The maximum Gasteiger partial charge on any atom is 0.433 e. The largest absolute Gasteiger partial charge is 0.433 e. The van der Waals surface area contributed by atoms with E-state index in [1.54, 1.807) is 4.57 Å². The number of hydrogen-bond acceptors (Lipinski definition) is 5. The molecule has 0 radical (unpaired) electrons. The SMILES string of the molecule is C#CCn1c(=NC(=O)c2ccc([N+](=O)[O-])o2)sc2c(C)cc(C)cc21. The number of nitrogens with zero attached hydrogens (tertiary/aromatic N) is 3. The van der Waals surface area contributed by atoms with E-state index in [1.165, 1.54) is 17.4 Å². The first kappa shape index (κ1) is 16.7. The molecule has 25 heavy (non-hydrogen) atoms. The summed E-state index contributed by atoms with van der Waals surface area (Å²) in [5.74, 6) is 1.17. The summed E-state index contributed by atoms with van der Waals surface area (Å²) < 4.78 is 7.67. The molecule has 126 valence electrons. The van der Waals surface area contributed by atoms with Gasteiger partial charge in [0.2, 0.25) is 5.76 Å². The van der Waals surface area contributed by atoms with Crippen molar-refractivity contribution in [3.63, 3.8) is 0 Å². The van der Waals surface area contributed by atoms with Gasteiger partial charge >= 0.3 is 11.8 Å². The number of thiazole rings is 1. The van der Waals surface area contributed by atoms with Crippen LogP contribution in [0.4, 0.5) is 5.88 Å². The van der Waals surface area contributed by atoms with Crippen LogP contribution in [0.25, 0.3) is 10.2 Å². The number of hydrogen-bond donors (Lipinski definition) is 0. The van der Waals surface area contributed by atoms with Crippen molar-refractivity contribution >= 4 is 33.3 Å². The van der Waals surface area contributed by atoms with Gasteiger partial charge in [-0.05, 0) is 37.1 Å². The van der Waals surface area contributed by atoms with E-state index in [0.29, 0.717) is 4.80 Å². The van der Waals surface area contributed by atoms with Gasteiger partial charge in [0.15, 0.2) is 4.80 Å². The van der Waals surface area contributed by atoms with Crippen LogP contribution >= 0.6 is 11.3 Å². The molecular weight excluding hydrogens is 342 g/mol. The number of carbonyl (C=O) groups is 1. The van der Waals surface area contributed by atoms with Crippen LogP contribution in [0.1, 0.15) is 21.7 Å². The molecule has 0 spiro atoms. The minimum Gasteiger partial charge on any atom is -0.395 e. The number of fused-ring (bicyclic) bond motifs is 1. The second-order valence-electron chi connectivity index (χ2n) is 5.42. The fraction of sp³-hybridized carbons (Fsp3) is 0.176. The molecule has 1 amide bonds. The number of benzene rings is 1. The Morgan fingerprint density at radius 1 is 1.44 bits per heavy atom. The Morgan fingerprint density at radius 2 is 2.20 bits per heavy atom. The Kier molecular flexibility index (Phi) is 4.25. The van der Waals surface area contributed by atoms with Gasteiger partial charge in [0.1, 0.15) is 4.92 Å². The van der Waals surface area contributed by atoms with Crippen LogP contribution in [0.3, 0.4) is 0 Å². The molecule has 0 aliphatic heterocycles. The fourth-order valence-electron chi connectivity index (χ4n) is 2.52. The van der Waals surface area contributed by atoms with E-state index in [1.807, 2.05) is 26.0 Å². The van der Waals surface area contributed by atoms with Crippen molar-refractivity contribution in [1.82, 2.24) is 4.57 Å². The smallest absolute Gasteiger partial charge is 0.395 e. The molecule has 0 atom stereocenters. The first-order valence-corrected chi connectivity index (χ1v) is 8.09. The molecule has 0 bridgehead atoms. The van der Waals surface area contributed by atoms with Crippen molar-refractivity contribution in [2.75, 3.05) is 0 Å². The highest BCUT2D eigenvalue weighted by atomic mass is 32.1. The molecule has 0 aliphatic rings. The van der Waals surface area contributed by atoms with Crippen molar-refractivity contribution in [2.24, 2.45) is 4.99 Å². The van der Waals surface area contributed by atoms with Gasteiger partial charge in [0, 0.05) is 0 Å². The van der Waals surface area contributed by atoms with E-state index < -0.39 is 16.7 Å². The van der Waals surface area contributed by atoms with Crippen molar-refractivity contribution < 1.29 is 14.1 Å². The highest BCUT2D eigenvalue weighted by Gasteiger charge is 2.17. The lowest BCUT2D eigenvalue weighted by Gasteiger charge is -2.02. The summed E-state index contributed by atoms with van der Waals surface area (Å²) in [6.45, 7) is 4.22. The zero-order chi connectivity index (χ0) is 18.1. The number of amides is 1. The van der Waals surface area contributed by atoms with Gasteiger partial charge < -0.3 is 8.98 Å². The van der Waals surface area contributed by atoms with Crippen LogP contribution < -0.4 is 4.80 Å². The quantitative estimate of drug-likeness (QED) is 0.410. The number of terminal acetylenes is 1. The second-order valence-corrected chi connectivity index (χ2v) is 6.39. The van der Waals surface area contributed by atoms with Gasteiger partial charge in [-0.25, -0.2) is 0 Å². The zero-order valence-corrected chi connectivity index (χ0v) is 14.3. The Balaban J connectivity index is 2.16. The number of aromatic nitrogens is 1. The molecule has 0 aliphatic carbocycles. The van der Waals surface area contributed by atoms with Crippen LogP contribution in [-0.4, -0.2) is 15.4 Å². The van der Waals surface area contributed by atoms with Crippen LogP contribution in [0.2, 0.25) is 0 Å². The third kappa shape index (κ3) is 3.09. The third-order valence-corrected chi connectivity index (χ3v) is 4.77. The van der Waals surface area contributed by atoms with Gasteiger partial charge in [0.05, 0.1) is 22.8 Å². The molecule has 0 N–H and O–H groups in total. The maximum atomic E-state index is 12.3. The average Bonchev–Trinajstić information content (AvgIpc) is 3.15. The number of aryl methyl sites for hydroxylation is 2. The molecule has 0 saturated heterocycles. The number of carbonyl (C=O) groups excluding carboxylic acids is 1. The van der Waals surface area contributed by atoms with Gasteiger partial charge in [-0.15, -0.1) is 6.42 Å². The van der Waals surface area contributed by atoms with E-state index >= 15 is 0 Å². The van der Waals surface area contributed by atoms with E-state index in [4.69, 9.17) is 10.8 Å². The Hall–Kier alpha value is -3.18. The third-order valence-electron chi connectivity index (χ3n) is 3.54. The molecule has 1 aromatic carbocycles. The highest BCUT2D eigenvalue weighted by Crippen LogP contribution is 2.23. The monoisotopic (exact) mass is 355 g/mol. The lowest BCUT2D eigenvalue weighted by Crippen LogP contribution is -2.16. The summed E-state index contributed by atoms with van der Waals surface area (Å²) in [5.41, 5.74) is 3.04.